The van der Waals surface area contributed by atoms with Crippen LogP contribution in [0.3, 0.4) is 0 Å². The van der Waals surface area contributed by atoms with E-state index < -0.39 is 10.0 Å². The van der Waals surface area contributed by atoms with Crippen molar-refractivity contribution in [3.8, 4) is 0 Å². The molecule has 0 aromatic heterocycles. The van der Waals surface area contributed by atoms with Gasteiger partial charge in [0.15, 0.2) is 0 Å². The molecule has 0 unspecified atom stereocenters. The molecule has 5 aromatic carbocycles. The maximum atomic E-state index is 13.4. The number of amides is 2. The van der Waals surface area contributed by atoms with Crippen molar-refractivity contribution >= 4 is 50.2 Å². The lowest BCUT2D eigenvalue weighted by molar-refractivity contribution is -0.120. The molecule has 4 N–H and O–H groups in total. The van der Waals surface area contributed by atoms with Gasteiger partial charge in [0.05, 0.1) is 22.6 Å². The third kappa shape index (κ3) is 6.95. The van der Waals surface area contributed by atoms with Crippen LogP contribution in [-0.4, -0.2) is 20.2 Å². The number of benzene rings is 5. The highest BCUT2D eigenvalue weighted by Gasteiger charge is 2.29. The highest BCUT2D eigenvalue weighted by molar-refractivity contribution is 7.92. The average molecular weight is 615 g/mol. The van der Waals surface area contributed by atoms with Gasteiger partial charge in [-0.15, -0.1) is 0 Å². The summed E-state index contributed by atoms with van der Waals surface area (Å²) >= 11 is 0. The molecule has 0 atom stereocenters. The maximum Gasteiger partial charge on any atom is 0.261 e. The molecule has 224 valence electrons. The van der Waals surface area contributed by atoms with E-state index >= 15 is 0 Å². The first kappa shape index (κ1) is 29.4. The second-order valence-electron chi connectivity index (χ2n) is 10.5. The second kappa shape index (κ2) is 12.9. The third-order valence-electron chi connectivity index (χ3n) is 7.30. The summed E-state index contributed by atoms with van der Waals surface area (Å²) in [5.74, 6) is -0.393. The van der Waals surface area contributed by atoms with E-state index in [0.29, 0.717) is 34.8 Å². The summed E-state index contributed by atoms with van der Waals surface area (Å²) < 4.78 is 28.6. The number of fused-ring (bicyclic) bond motifs is 1. The quantitative estimate of drug-likeness (QED) is 0.138. The molecule has 2 amide bonds. The van der Waals surface area contributed by atoms with Crippen LogP contribution in [0.25, 0.3) is 11.3 Å². The van der Waals surface area contributed by atoms with Crippen LogP contribution in [0.5, 0.6) is 0 Å². The Bertz CT molecular complexity index is 1980. The highest BCUT2D eigenvalue weighted by atomic mass is 32.2. The Kier molecular flexibility index (Phi) is 8.43. The summed E-state index contributed by atoms with van der Waals surface area (Å²) in [5, 5.41) is 9.26. The van der Waals surface area contributed by atoms with Crippen molar-refractivity contribution in [3.05, 3.63) is 156 Å². The van der Waals surface area contributed by atoms with Gasteiger partial charge >= 0.3 is 0 Å². The number of sulfonamides is 1. The number of hydrogen-bond donors (Lipinski definition) is 4. The molecule has 6 rings (SSSR count). The second-order valence-corrected chi connectivity index (χ2v) is 12.2. The fourth-order valence-electron chi connectivity index (χ4n) is 5.07. The van der Waals surface area contributed by atoms with Gasteiger partial charge in [0.1, 0.15) is 0 Å². The predicted molar refractivity (Wildman–Crippen MR) is 178 cm³/mol. The number of rotatable bonds is 10. The van der Waals surface area contributed by atoms with Gasteiger partial charge in [-0.2, -0.15) is 0 Å². The van der Waals surface area contributed by atoms with Crippen molar-refractivity contribution in [1.82, 2.24) is 5.32 Å². The molecule has 0 spiro atoms. The van der Waals surface area contributed by atoms with Crippen LogP contribution >= 0.6 is 0 Å². The fraction of sp³-hybridized carbons (Fsp3) is 0.0556. The molecule has 1 aliphatic heterocycles. The van der Waals surface area contributed by atoms with Crippen LogP contribution in [0.15, 0.2) is 138 Å². The van der Waals surface area contributed by atoms with Crippen LogP contribution in [0.1, 0.15) is 22.3 Å². The van der Waals surface area contributed by atoms with E-state index in [1.165, 1.54) is 12.1 Å². The van der Waals surface area contributed by atoms with Gasteiger partial charge in [-0.05, 0) is 59.2 Å². The predicted octanol–water partition coefficient (Wildman–Crippen LogP) is 6.28. The summed E-state index contributed by atoms with van der Waals surface area (Å²) in [6.45, 7) is 0.465. The topological polar surface area (TPSA) is 116 Å². The van der Waals surface area contributed by atoms with Crippen LogP contribution in [-0.2, 0) is 32.6 Å². The highest BCUT2D eigenvalue weighted by Crippen LogP contribution is 2.39. The molecule has 0 saturated carbocycles. The zero-order chi connectivity index (χ0) is 31.2. The van der Waals surface area contributed by atoms with E-state index in [-0.39, 0.29) is 23.1 Å². The zero-order valence-corrected chi connectivity index (χ0v) is 25.0. The fourth-order valence-corrected chi connectivity index (χ4v) is 6.14. The largest absolute Gasteiger partial charge is 0.354 e. The molecular formula is C36H30N4O4S. The number of nitrogens with one attached hydrogen (secondary N) is 4. The van der Waals surface area contributed by atoms with E-state index in [2.05, 4.69) is 20.7 Å². The van der Waals surface area contributed by atoms with Crippen molar-refractivity contribution in [3.63, 3.8) is 0 Å². The summed E-state index contributed by atoms with van der Waals surface area (Å²) in [6, 6.07) is 39.7. The van der Waals surface area contributed by atoms with Crippen molar-refractivity contribution < 1.29 is 18.0 Å². The molecule has 0 bridgehead atoms. The first-order chi connectivity index (χ1) is 21.9. The van der Waals surface area contributed by atoms with Gasteiger partial charge in [-0.3, -0.25) is 14.3 Å². The van der Waals surface area contributed by atoms with Crippen LogP contribution in [0.4, 0.5) is 17.1 Å². The minimum Gasteiger partial charge on any atom is -0.354 e. The normalized spacial score (nSPS) is 13.4. The zero-order valence-electron chi connectivity index (χ0n) is 24.2. The number of hydrogen-bond acceptors (Lipinski definition) is 5. The molecule has 45 heavy (non-hydrogen) atoms. The molecule has 0 saturated heterocycles. The summed E-state index contributed by atoms with van der Waals surface area (Å²) in [4.78, 5) is 26.1. The summed E-state index contributed by atoms with van der Waals surface area (Å²) in [7, 11) is -3.83. The van der Waals surface area contributed by atoms with Crippen LogP contribution in [0, 0.1) is 0 Å². The SMILES string of the molecule is O=C(Cc1ccc(N/C(=C2\C(=O)Nc3ccc(NS(=O)(=O)c4ccccc4)cc32)c2ccccc2)cc1)NCc1ccccc1. The summed E-state index contributed by atoms with van der Waals surface area (Å²) in [5.41, 5.74) is 5.77. The Morgan fingerprint density at radius 2 is 1.31 bits per heavy atom. The van der Waals surface area contributed by atoms with E-state index in [0.717, 1.165) is 22.4 Å². The lowest BCUT2D eigenvalue weighted by Gasteiger charge is -2.16. The Morgan fingerprint density at radius 3 is 2.00 bits per heavy atom. The molecule has 1 heterocycles. The van der Waals surface area contributed by atoms with Crippen LogP contribution in [0.2, 0.25) is 0 Å². The molecule has 9 heteroatoms. The van der Waals surface area contributed by atoms with Gasteiger partial charge < -0.3 is 16.0 Å². The number of carbonyl (C=O) groups excluding carboxylic acids is 2. The minimum atomic E-state index is -3.83. The van der Waals surface area contributed by atoms with Gasteiger partial charge in [-0.25, -0.2) is 8.42 Å². The van der Waals surface area contributed by atoms with Gasteiger partial charge in [0.2, 0.25) is 5.91 Å². The van der Waals surface area contributed by atoms with E-state index in [4.69, 9.17) is 0 Å². The molecule has 8 nitrogen and oxygen atoms in total. The third-order valence-corrected chi connectivity index (χ3v) is 8.70. The molecule has 0 aliphatic carbocycles. The van der Waals surface area contributed by atoms with Gasteiger partial charge in [0, 0.05) is 29.2 Å². The van der Waals surface area contributed by atoms with E-state index in [1.807, 2.05) is 84.9 Å². The van der Waals surface area contributed by atoms with Crippen molar-refractivity contribution in [2.45, 2.75) is 17.9 Å². The Hall–Kier alpha value is -5.67. The number of carbonyl (C=O) groups is 2. The monoisotopic (exact) mass is 614 g/mol. The molecule has 1 aliphatic rings. The molecular weight excluding hydrogens is 584 g/mol. The maximum absolute atomic E-state index is 13.4. The van der Waals surface area contributed by atoms with Crippen LogP contribution < -0.4 is 20.7 Å². The summed E-state index contributed by atoms with van der Waals surface area (Å²) in [6.07, 6.45) is 0.233. The first-order valence-corrected chi connectivity index (χ1v) is 15.8. The Balaban J connectivity index is 1.26. The lowest BCUT2D eigenvalue weighted by atomic mass is 9.99. The molecule has 0 fully saturated rings. The Labute approximate surface area is 261 Å². The van der Waals surface area contributed by atoms with Crippen molar-refractivity contribution in [1.29, 1.82) is 0 Å². The van der Waals surface area contributed by atoms with Crippen molar-refractivity contribution in [2.75, 3.05) is 15.4 Å². The van der Waals surface area contributed by atoms with E-state index in [1.54, 1.807) is 36.4 Å². The van der Waals surface area contributed by atoms with Gasteiger partial charge in [-0.1, -0.05) is 91.0 Å². The first-order valence-electron chi connectivity index (χ1n) is 14.4. The minimum absolute atomic E-state index is 0.0791. The number of anilines is 3. The lowest BCUT2D eigenvalue weighted by Crippen LogP contribution is -2.24. The Morgan fingerprint density at radius 1 is 0.689 bits per heavy atom. The van der Waals surface area contributed by atoms with Crippen molar-refractivity contribution in [2.24, 2.45) is 0 Å². The molecule has 0 radical (unpaired) electrons. The standard InChI is InChI=1S/C36H30N4O4S/c41-33(37-24-26-10-4-1-5-11-26)22-25-16-18-28(19-17-25)38-35(27-12-6-2-7-13-27)34-31-23-29(20-21-32(31)39-36(34)42)40-45(43,44)30-14-8-3-9-15-30/h1-21,23,38,40H,22,24H2,(H,37,41)(H,39,42)/b35-34-. The van der Waals surface area contributed by atoms with Gasteiger partial charge in [0.25, 0.3) is 15.9 Å². The molecule has 5 aromatic rings. The smallest absolute Gasteiger partial charge is 0.261 e. The average Bonchev–Trinajstić information content (AvgIpc) is 3.39. The van der Waals surface area contributed by atoms with E-state index in [9.17, 15) is 18.0 Å².